The summed E-state index contributed by atoms with van der Waals surface area (Å²) in [4.78, 5) is 0. The van der Waals surface area contributed by atoms with Gasteiger partial charge in [0.1, 0.15) is 0 Å². The van der Waals surface area contributed by atoms with Crippen LogP contribution in [0.4, 0.5) is 5.69 Å². The van der Waals surface area contributed by atoms with Crippen LogP contribution in [0, 0.1) is 0 Å². The van der Waals surface area contributed by atoms with E-state index >= 15 is 0 Å². The molecule has 0 aliphatic rings. The highest BCUT2D eigenvalue weighted by atomic mass is 15.5. The molecule has 0 saturated heterocycles. The van der Waals surface area contributed by atoms with Gasteiger partial charge in [-0.1, -0.05) is 12.1 Å². The van der Waals surface area contributed by atoms with Crippen LogP contribution >= 0.6 is 0 Å². The molecular weight excluding hydrogens is 192 g/mol. The van der Waals surface area contributed by atoms with Crippen molar-refractivity contribution < 1.29 is 0 Å². The van der Waals surface area contributed by atoms with Crippen molar-refractivity contribution >= 4 is 5.69 Å². The molecule has 0 aliphatic heterocycles. The van der Waals surface area contributed by atoms with Gasteiger partial charge in [0.15, 0.2) is 5.82 Å². The van der Waals surface area contributed by atoms with Crippen molar-refractivity contribution in [3.63, 3.8) is 0 Å². The highest BCUT2D eigenvalue weighted by molar-refractivity contribution is 5.60. The van der Waals surface area contributed by atoms with Gasteiger partial charge in [0.2, 0.25) is 0 Å². The topological polar surface area (TPSA) is 95.6 Å². The number of hydrogen-bond donors (Lipinski definition) is 2. The van der Waals surface area contributed by atoms with Crippen LogP contribution in [0.25, 0.3) is 11.4 Å². The van der Waals surface area contributed by atoms with Crippen molar-refractivity contribution in [1.29, 1.82) is 0 Å². The molecule has 0 bridgehead atoms. The van der Waals surface area contributed by atoms with Gasteiger partial charge in [-0.15, -0.1) is 5.10 Å². The molecule has 1 aromatic heterocycles. The number of hydrogen-bond acceptors (Lipinski definition) is 5. The van der Waals surface area contributed by atoms with E-state index in [1.165, 1.54) is 0 Å². The number of nitrogens with two attached hydrogens (primary N) is 2. The van der Waals surface area contributed by atoms with Crippen molar-refractivity contribution in [2.24, 2.45) is 5.73 Å². The molecule has 15 heavy (non-hydrogen) atoms. The smallest absolute Gasteiger partial charge is 0.182 e. The van der Waals surface area contributed by atoms with Crippen LogP contribution in [0.5, 0.6) is 0 Å². The second-order valence-electron chi connectivity index (χ2n) is 3.14. The molecule has 4 N–H and O–H groups in total. The molecule has 0 fully saturated rings. The molecule has 0 spiro atoms. The average Bonchev–Trinajstić information content (AvgIpc) is 2.66. The van der Waals surface area contributed by atoms with E-state index in [1.807, 2.05) is 24.3 Å². The van der Waals surface area contributed by atoms with Gasteiger partial charge in [-0.3, -0.25) is 0 Å². The molecule has 0 radical (unpaired) electrons. The number of nitrogen functional groups attached to an aromatic ring is 1. The molecule has 0 aliphatic carbocycles. The van der Waals surface area contributed by atoms with Crippen LogP contribution in [0.15, 0.2) is 24.3 Å². The Balaban J connectivity index is 2.40. The summed E-state index contributed by atoms with van der Waals surface area (Å²) in [5.41, 5.74) is 12.7. The standard InChI is InChI=1S/C9H12N6/c10-4-5-15-9(12-13-14-15)7-2-1-3-8(11)6-7/h1-3,6H,4-5,10-11H2. The number of rotatable bonds is 3. The first-order valence-electron chi connectivity index (χ1n) is 4.63. The van der Waals surface area contributed by atoms with Crippen molar-refractivity contribution in [1.82, 2.24) is 20.2 Å². The minimum absolute atomic E-state index is 0.500. The maximum Gasteiger partial charge on any atom is 0.182 e. The minimum Gasteiger partial charge on any atom is -0.399 e. The quantitative estimate of drug-likeness (QED) is 0.679. The van der Waals surface area contributed by atoms with Gasteiger partial charge >= 0.3 is 0 Å². The fourth-order valence-electron chi connectivity index (χ4n) is 1.36. The minimum atomic E-state index is 0.500. The van der Waals surface area contributed by atoms with E-state index in [0.29, 0.717) is 24.6 Å². The van der Waals surface area contributed by atoms with Crippen molar-refractivity contribution in [2.45, 2.75) is 6.54 Å². The Bertz CT molecular complexity index is 449. The van der Waals surface area contributed by atoms with Crippen LogP contribution in [-0.2, 0) is 6.54 Å². The lowest BCUT2D eigenvalue weighted by molar-refractivity contribution is 0.603. The lowest BCUT2D eigenvalue weighted by Gasteiger charge is -2.02. The lowest BCUT2D eigenvalue weighted by Crippen LogP contribution is -2.12. The monoisotopic (exact) mass is 204 g/mol. The molecule has 0 unspecified atom stereocenters. The molecule has 1 heterocycles. The van der Waals surface area contributed by atoms with E-state index in [1.54, 1.807) is 4.68 Å². The van der Waals surface area contributed by atoms with Crippen LogP contribution in [-0.4, -0.2) is 26.8 Å². The maximum absolute atomic E-state index is 5.69. The van der Waals surface area contributed by atoms with E-state index in [9.17, 15) is 0 Å². The molecule has 0 atom stereocenters. The molecule has 6 heteroatoms. The first-order valence-corrected chi connectivity index (χ1v) is 4.63. The van der Waals surface area contributed by atoms with Gasteiger partial charge < -0.3 is 11.5 Å². The Morgan fingerprint density at radius 2 is 2.20 bits per heavy atom. The predicted octanol–water partition coefficient (Wildman–Crippen LogP) is -0.119. The summed E-state index contributed by atoms with van der Waals surface area (Å²) in [5, 5.41) is 11.4. The van der Waals surface area contributed by atoms with Crippen LogP contribution < -0.4 is 11.5 Å². The second kappa shape index (κ2) is 4.05. The van der Waals surface area contributed by atoms with Crippen molar-refractivity contribution in [2.75, 3.05) is 12.3 Å². The van der Waals surface area contributed by atoms with Gasteiger partial charge in [-0.05, 0) is 22.6 Å². The van der Waals surface area contributed by atoms with E-state index in [0.717, 1.165) is 5.56 Å². The normalized spacial score (nSPS) is 10.5. The number of aromatic nitrogens is 4. The van der Waals surface area contributed by atoms with Crippen molar-refractivity contribution in [3.05, 3.63) is 24.3 Å². The predicted molar refractivity (Wildman–Crippen MR) is 56.7 cm³/mol. The van der Waals surface area contributed by atoms with Gasteiger partial charge in [-0.2, -0.15) is 0 Å². The fourth-order valence-corrected chi connectivity index (χ4v) is 1.36. The fraction of sp³-hybridized carbons (Fsp3) is 0.222. The Morgan fingerprint density at radius 1 is 1.33 bits per heavy atom. The second-order valence-corrected chi connectivity index (χ2v) is 3.14. The largest absolute Gasteiger partial charge is 0.399 e. The van der Waals surface area contributed by atoms with Crippen LogP contribution in [0.3, 0.4) is 0 Å². The van der Waals surface area contributed by atoms with E-state index < -0.39 is 0 Å². The van der Waals surface area contributed by atoms with Gasteiger partial charge in [-0.25, -0.2) is 4.68 Å². The third-order valence-electron chi connectivity index (χ3n) is 2.02. The molecule has 78 valence electrons. The number of benzene rings is 1. The third kappa shape index (κ3) is 1.94. The molecular formula is C9H12N6. The number of tetrazole rings is 1. The first-order chi connectivity index (χ1) is 7.31. The Hall–Kier alpha value is -1.95. The summed E-state index contributed by atoms with van der Waals surface area (Å²) in [5.74, 6) is 0.688. The molecule has 2 rings (SSSR count). The van der Waals surface area contributed by atoms with Crippen LogP contribution in [0.1, 0.15) is 0 Å². The highest BCUT2D eigenvalue weighted by Crippen LogP contribution is 2.17. The number of nitrogens with zero attached hydrogens (tertiary/aromatic N) is 4. The molecule has 6 nitrogen and oxygen atoms in total. The van der Waals surface area contributed by atoms with Gasteiger partial charge in [0, 0.05) is 17.8 Å². The lowest BCUT2D eigenvalue weighted by atomic mass is 10.2. The summed E-state index contributed by atoms with van der Waals surface area (Å²) in [6, 6.07) is 7.43. The first kappa shape index (κ1) is 9.60. The zero-order valence-electron chi connectivity index (χ0n) is 8.17. The number of anilines is 1. The SMILES string of the molecule is NCCn1nnnc1-c1cccc(N)c1. The molecule has 0 saturated carbocycles. The van der Waals surface area contributed by atoms with E-state index in [2.05, 4.69) is 15.5 Å². The molecule has 2 aromatic rings. The van der Waals surface area contributed by atoms with Gasteiger partial charge in [0.05, 0.1) is 6.54 Å². The highest BCUT2D eigenvalue weighted by Gasteiger charge is 2.07. The summed E-state index contributed by atoms with van der Waals surface area (Å²) >= 11 is 0. The third-order valence-corrected chi connectivity index (χ3v) is 2.02. The Kier molecular flexibility index (Phi) is 2.59. The summed E-state index contributed by atoms with van der Waals surface area (Å²) in [7, 11) is 0. The zero-order chi connectivity index (χ0) is 10.7. The zero-order valence-corrected chi connectivity index (χ0v) is 8.17. The van der Waals surface area contributed by atoms with E-state index in [4.69, 9.17) is 11.5 Å². The molecule has 1 aromatic carbocycles. The van der Waals surface area contributed by atoms with E-state index in [-0.39, 0.29) is 0 Å². The Labute approximate surface area is 86.9 Å². The van der Waals surface area contributed by atoms with Crippen molar-refractivity contribution in [3.8, 4) is 11.4 Å². The summed E-state index contributed by atoms with van der Waals surface area (Å²) < 4.78 is 1.66. The summed E-state index contributed by atoms with van der Waals surface area (Å²) in [6.07, 6.45) is 0. The van der Waals surface area contributed by atoms with Gasteiger partial charge in [0.25, 0.3) is 0 Å². The summed E-state index contributed by atoms with van der Waals surface area (Å²) in [6.45, 7) is 1.09. The Morgan fingerprint density at radius 3 is 2.93 bits per heavy atom. The van der Waals surface area contributed by atoms with Crippen LogP contribution in [0.2, 0.25) is 0 Å². The maximum atomic E-state index is 5.69. The molecule has 0 amide bonds. The average molecular weight is 204 g/mol.